The van der Waals surface area contributed by atoms with E-state index in [0.717, 1.165) is 50.1 Å². The molecule has 1 aromatic carbocycles. The van der Waals surface area contributed by atoms with Crippen LogP contribution in [0.4, 0.5) is 10.5 Å². The second-order valence-corrected chi connectivity index (χ2v) is 8.95. The first-order valence-corrected chi connectivity index (χ1v) is 9.87. The first-order valence-electron chi connectivity index (χ1n) is 9.87. The van der Waals surface area contributed by atoms with Crippen LogP contribution in [0.15, 0.2) is 18.2 Å². The van der Waals surface area contributed by atoms with Crippen LogP contribution in [-0.4, -0.2) is 58.2 Å². The summed E-state index contributed by atoms with van der Waals surface area (Å²) in [5, 5.41) is 11.0. The minimum absolute atomic E-state index is 0.171. The van der Waals surface area contributed by atoms with Gasteiger partial charge in [0.2, 0.25) is 0 Å². The molecule has 2 fully saturated rings. The maximum absolute atomic E-state index is 12.3. The van der Waals surface area contributed by atoms with Crippen molar-refractivity contribution in [2.45, 2.75) is 52.1 Å². The molecule has 2 saturated heterocycles. The maximum atomic E-state index is 12.3. The number of rotatable bonds is 1. The number of hydrogen-bond acceptors (Lipinski definition) is 5. The zero-order valence-electron chi connectivity index (χ0n) is 16.5. The topological polar surface area (TPSA) is 74.3 Å². The molecule has 1 aromatic heterocycles. The van der Waals surface area contributed by atoms with Crippen molar-refractivity contribution in [3.63, 3.8) is 0 Å². The Morgan fingerprint density at radius 1 is 1.04 bits per heavy atom. The van der Waals surface area contributed by atoms with Gasteiger partial charge < -0.3 is 14.5 Å². The molecule has 2 aromatic rings. The molecule has 3 heterocycles. The normalized spacial score (nSPS) is 20.3. The molecule has 2 aliphatic heterocycles. The average molecular weight is 371 g/mol. The van der Waals surface area contributed by atoms with Crippen LogP contribution in [0, 0.1) is 5.41 Å². The van der Waals surface area contributed by atoms with E-state index in [9.17, 15) is 4.79 Å². The van der Waals surface area contributed by atoms with E-state index in [1.54, 1.807) is 0 Å². The van der Waals surface area contributed by atoms with Crippen molar-refractivity contribution >= 4 is 22.8 Å². The molecule has 0 atom stereocenters. The van der Waals surface area contributed by atoms with Crippen molar-refractivity contribution in [3.8, 4) is 0 Å². The third-order valence-electron chi connectivity index (χ3n) is 5.96. The molecular formula is C20H29N5O2. The molecule has 1 spiro atoms. The summed E-state index contributed by atoms with van der Waals surface area (Å²) in [6.45, 7) is 9.47. The number of hydrogen-bond donors (Lipinski definition) is 1. The van der Waals surface area contributed by atoms with Gasteiger partial charge in [-0.15, -0.1) is 0 Å². The summed E-state index contributed by atoms with van der Waals surface area (Å²) in [5.41, 5.74) is 2.98. The Labute approximate surface area is 160 Å². The summed E-state index contributed by atoms with van der Waals surface area (Å²) < 4.78 is 5.52. The van der Waals surface area contributed by atoms with Crippen LogP contribution in [0.1, 0.15) is 46.5 Å². The number of carbonyl (C=O) groups is 1. The number of piperidine rings is 2. The number of nitrogens with one attached hydrogen (secondary N) is 1. The van der Waals surface area contributed by atoms with Crippen LogP contribution in [0.25, 0.3) is 11.0 Å². The standard InChI is InChI=1S/C20H29N5O2/c1-19(2,3)27-18(26)25-12-8-20(9-13-25)6-10-24(11-7-20)15-4-5-16-17(14-15)22-23-21-16/h4-5,14H,6-13H2,1-3H3,(H,21,22,23). The monoisotopic (exact) mass is 371 g/mol. The lowest BCUT2D eigenvalue weighted by atomic mass is 9.71. The van der Waals surface area contributed by atoms with Gasteiger partial charge in [0.25, 0.3) is 0 Å². The fourth-order valence-electron chi connectivity index (χ4n) is 4.25. The van der Waals surface area contributed by atoms with Crippen molar-refractivity contribution < 1.29 is 9.53 Å². The number of likely N-dealkylation sites (tertiary alicyclic amines) is 1. The molecule has 0 aliphatic carbocycles. The van der Waals surface area contributed by atoms with E-state index >= 15 is 0 Å². The van der Waals surface area contributed by atoms with Gasteiger partial charge in [0.15, 0.2) is 0 Å². The number of amides is 1. The lowest BCUT2D eigenvalue weighted by Gasteiger charge is -2.47. The minimum Gasteiger partial charge on any atom is -0.444 e. The molecule has 2 aliphatic rings. The lowest BCUT2D eigenvalue weighted by Crippen LogP contribution is -2.49. The quantitative estimate of drug-likeness (QED) is 0.829. The fraction of sp³-hybridized carbons (Fsp3) is 0.650. The molecular weight excluding hydrogens is 342 g/mol. The Kier molecular flexibility index (Phi) is 4.48. The largest absolute Gasteiger partial charge is 0.444 e. The molecule has 0 saturated carbocycles. The second kappa shape index (κ2) is 6.69. The van der Waals surface area contributed by atoms with Crippen molar-refractivity contribution in [3.05, 3.63) is 18.2 Å². The molecule has 27 heavy (non-hydrogen) atoms. The van der Waals surface area contributed by atoms with Crippen LogP contribution in [0.5, 0.6) is 0 Å². The van der Waals surface area contributed by atoms with Gasteiger partial charge >= 0.3 is 6.09 Å². The lowest BCUT2D eigenvalue weighted by molar-refractivity contribution is 0.00666. The molecule has 4 rings (SSSR count). The number of ether oxygens (including phenoxy) is 1. The molecule has 146 valence electrons. The van der Waals surface area contributed by atoms with Crippen LogP contribution >= 0.6 is 0 Å². The number of anilines is 1. The highest BCUT2D eigenvalue weighted by atomic mass is 16.6. The number of H-pyrrole nitrogens is 1. The summed E-state index contributed by atoms with van der Waals surface area (Å²) in [6, 6.07) is 6.27. The summed E-state index contributed by atoms with van der Waals surface area (Å²) in [4.78, 5) is 16.6. The van der Waals surface area contributed by atoms with Gasteiger partial charge in [-0.25, -0.2) is 4.79 Å². The highest BCUT2D eigenvalue weighted by Crippen LogP contribution is 2.42. The van der Waals surface area contributed by atoms with Gasteiger partial charge in [0.1, 0.15) is 16.6 Å². The smallest absolute Gasteiger partial charge is 0.410 e. The van der Waals surface area contributed by atoms with Gasteiger partial charge in [-0.2, -0.15) is 15.4 Å². The van der Waals surface area contributed by atoms with E-state index in [-0.39, 0.29) is 6.09 Å². The van der Waals surface area contributed by atoms with Crippen LogP contribution in [-0.2, 0) is 4.74 Å². The van der Waals surface area contributed by atoms with Crippen LogP contribution < -0.4 is 4.90 Å². The predicted octanol–water partition coefficient (Wildman–Crippen LogP) is 3.58. The SMILES string of the molecule is CC(C)(C)OC(=O)N1CCC2(CC1)CCN(c1ccc3n[nH]nc3c1)CC2. The van der Waals surface area contributed by atoms with Gasteiger partial charge in [-0.05, 0) is 70.1 Å². The van der Waals surface area contributed by atoms with E-state index in [2.05, 4.69) is 32.4 Å². The van der Waals surface area contributed by atoms with E-state index in [1.165, 1.54) is 18.5 Å². The third kappa shape index (κ3) is 3.87. The second-order valence-electron chi connectivity index (χ2n) is 8.95. The first kappa shape index (κ1) is 18.1. The molecule has 7 nitrogen and oxygen atoms in total. The van der Waals surface area contributed by atoms with E-state index in [4.69, 9.17) is 4.74 Å². The summed E-state index contributed by atoms with van der Waals surface area (Å²) >= 11 is 0. The van der Waals surface area contributed by atoms with Gasteiger partial charge in [-0.1, -0.05) is 0 Å². The number of fused-ring (bicyclic) bond motifs is 1. The Bertz CT molecular complexity index is 807. The Hall–Kier alpha value is -2.31. The van der Waals surface area contributed by atoms with Gasteiger partial charge in [-0.3, -0.25) is 0 Å². The molecule has 7 heteroatoms. The number of aromatic nitrogens is 3. The first-order chi connectivity index (χ1) is 12.8. The van der Waals surface area contributed by atoms with Crippen molar-refractivity contribution in [2.24, 2.45) is 5.41 Å². The molecule has 0 unspecified atom stereocenters. The number of carbonyl (C=O) groups excluding carboxylic acids is 1. The Morgan fingerprint density at radius 2 is 1.67 bits per heavy atom. The molecule has 0 bridgehead atoms. The summed E-state index contributed by atoms with van der Waals surface area (Å²) in [7, 11) is 0. The number of benzene rings is 1. The van der Waals surface area contributed by atoms with E-state index in [1.807, 2.05) is 31.7 Å². The summed E-state index contributed by atoms with van der Waals surface area (Å²) in [6.07, 6.45) is 4.32. The van der Waals surface area contributed by atoms with E-state index < -0.39 is 5.60 Å². The highest BCUT2D eigenvalue weighted by Gasteiger charge is 2.39. The zero-order valence-corrected chi connectivity index (χ0v) is 16.5. The number of aromatic amines is 1. The molecule has 1 amide bonds. The van der Waals surface area contributed by atoms with Crippen molar-refractivity contribution in [1.82, 2.24) is 20.3 Å². The molecule has 1 N–H and O–H groups in total. The Balaban J connectivity index is 1.33. The zero-order chi connectivity index (χ0) is 19.1. The van der Waals surface area contributed by atoms with E-state index in [0.29, 0.717) is 5.41 Å². The molecule has 0 radical (unpaired) electrons. The Morgan fingerprint density at radius 3 is 2.33 bits per heavy atom. The highest BCUT2D eigenvalue weighted by molar-refractivity contribution is 5.78. The van der Waals surface area contributed by atoms with Crippen LogP contribution in [0.2, 0.25) is 0 Å². The third-order valence-corrected chi connectivity index (χ3v) is 5.96. The predicted molar refractivity (Wildman–Crippen MR) is 105 cm³/mol. The van der Waals surface area contributed by atoms with Crippen molar-refractivity contribution in [1.29, 1.82) is 0 Å². The number of nitrogens with zero attached hydrogens (tertiary/aromatic N) is 4. The van der Waals surface area contributed by atoms with Crippen molar-refractivity contribution in [2.75, 3.05) is 31.1 Å². The van der Waals surface area contributed by atoms with Gasteiger partial charge in [0.05, 0.1) is 0 Å². The fourth-order valence-corrected chi connectivity index (χ4v) is 4.25. The van der Waals surface area contributed by atoms with Gasteiger partial charge in [0, 0.05) is 31.9 Å². The average Bonchev–Trinajstić information content (AvgIpc) is 3.09. The van der Waals surface area contributed by atoms with Crippen LogP contribution in [0.3, 0.4) is 0 Å². The summed E-state index contributed by atoms with van der Waals surface area (Å²) in [5.74, 6) is 0. The minimum atomic E-state index is -0.428. The maximum Gasteiger partial charge on any atom is 0.410 e.